The van der Waals surface area contributed by atoms with Crippen molar-refractivity contribution in [2.75, 3.05) is 13.1 Å². The second kappa shape index (κ2) is 10.4. The van der Waals surface area contributed by atoms with Crippen LogP contribution in [0.4, 0.5) is 4.79 Å². The van der Waals surface area contributed by atoms with Gasteiger partial charge in [0.1, 0.15) is 11.4 Å². The van der Waals surface area contributed by atoms with Crippen molar-refractivity contribution in [1.82, 2.24) is 14.6 Å². The molecule has 0 saturated heterocycles. The molecule has 0 bridgehead atoms. The summed E-state index contributed by atoms with van der Waals surface area (Å²) in [6.45, 7) is 7.57. The highest BCUT2D eigenvalue weighted by atomic mass is 32.2. The Bertz CT molecular complexity index is 1240. The number of aromatic nitrogens is 1. The fraction of sp³-hybridized carbons (Fsp3) is 0.360. The van der Waals surface area contributed by atoms with Gasteiger partial charge < -0.3 is 14.7 Å². The molecule has 1 heterocycles. The van der Waals surface area contributed by atoms with E-state index in [2.05, 4.69) is 9.71 Å². The zero-order valence-electron chi connectivity index (χ0n) is 19.9. The second-order valence-corrected chi connectivity index (χ2v) is 10.9. The van der Waals surface area contributed by atoms with Gasteiger partial charge >= 0.3 is 6.09 Å². The molecule has 1 aromatic heterocycles. The quantitative estimate of drug-likeness (QED) is 0.498. The van der Waals surface area contributed by atoms with Crippen molar-refractivity contribution in [3.05, 3.63) is 66.5 Å². The Hall–Kier alpha value is -3.17. The van der Waals surface area contributed by atoms with E-state index >= 15 is 0 Å². The number of hydrogen-bond donors (Lipinski definition) is 2. The van der Waals surface area contributed by atoms with Gasteiger partial charge in [-0.1, -0.05) is 36.4 Å². The Morgan fingerprint density at radius 3 is 2.53 bits per heavy atom. The first-order valence-corrected chi connectivity index (χ1v) is 12.5. The minimum absolute atomic E-state index is 0.0152. The highest BCUT2D eigenvalue weighted by Gasteiger charge is 2.26. The first kappa shape index (κ1) is 25.5. The number of benzene rings is 2. The summed E-state index contributed by atoms with van der Waals surface area (Å²) in [5.74, 6) is -0.0976. The molecule has 8 nitrogen and oxygen atoms in total. The van der Waals surface area contributed by atoms with Crippen molar-refractivity contribution in [1.29, 1.82) is 0 Å². The number of ether oxygens (including phenoxy) is 1. The van der Waals surface area contributed by atoms with E-state index in [9.17, 15) is 18.3 Å². The maximum Gasteiger partial charge on any atom is 0.410 e. The van der Waals surface area contributed by atoms with Gasteiger partial charge in [-0.3, -0.25) is 4.98 Å². The average molecular weight is 486 g/mol. The number of fused-ring (bicyclic) bond motifs is 1. The van der Waals surface area contributed by atoms with Gasteiger partial charge in [0, 0.05) is 36.1 Å². The molecule has 2 aromatic carbocycles. The molecule has 1 amide bonds. The summed E-state index contributed by atoms with van der Waals surface area (Å²) in [5.41, 5.74) is 0.391. The Kier molecular flexibility index (Phi) is 7.78. The summed E-state index contributed by atoms with van der Waals surface area (Å²) in [6, 6.07) is 13.6. The lowest BCUT2D eigenvalue weighted by Crippen LogP contribution is -2.46. The molecule has 34 heavy (non-hydrogen) atoms. The van der Waals surface area contributed by atoms with Gasteiger partial charge in [0.05, 0.1) is 11.1 Å². The van der Waals surface area contributed by atoms with Gasteiger partial charge in [-0.05, 0) is 51.8 Å². The maximum absolute atomic E-state index is 13.0. The van der Waals surface area contributed by atoms with E-state index in [1.54, 1.807) is 40.0 Å². The number of carbonyl (C=O) groups is 1. The van der Waals surface area contributed by atoms with E-state index < -0.39 is 27.8 Å². The summed E-state index contributed by atoms with van der Waals surface area (Å²) in [5, 5.41) is 11.1. The number of amides is 1. The molecule has 3 aromatic rings. The molecule has 1 unspecified atom stereocenters. The van der Waals surface area contributed by atoms with Crippen LogP contribution in [0.2, 0.25) is 0 Å². The Labute approximate surface area is 200 Å². The molecule has 1 atom stereocenters. The fourth-order valence-electron chi connectivity index (χ4n) is 3.49. The number of nitrogens with one attached hydrogen (secondary N) is 1. The lowest BCUT2D eigenvalue weighted by Gasteiger charge is -2.29. The molecule has 0 aliphatic carbocycles. The molecule has 0 fully saturated rings. The van der Waals surface area contributed by atoms with Crippen molar-refractivity contribution in [3.63, 3.8) is 0 Å². The first-order valence-electron chi connectivity index (χ1n) is 11.1. The highest BCUT2D eigenvalue weighted by molar-refractivity contribution is 7.89. The molecule has 182 valence electrons. The summed E-state index contributed by atoms with van der Waals surface area (Å²) in [7, 11) is -3.90. The Morgan fingerprint density at radius 2 is 1.85 bits per heavy atom. The number of carbonyl (C=O) groups excluding carboxylic acids is 1. The monoisotopic (exact) mass is 485 g/mol. The number of pyridine rings is 1. The molecule has 0 radical (unpaired) electrons. The molecule has 2 N–H and O–H groups in total. The lowest BCUT2D eigenvalue weighted by atomic mass is 10.1. The Balaban J connectivity index is 1.74. The van der Waals surface area contributed by atoms with Crippen LogP contribution in [0.1, 0.15) is 33.3 Å². The molecule has 0 spiro atoms. The third-order valence-electron chi connectivity index (χ3n) is 5.04. The molecular weight excluding hydrogens is 454 g/mol. The molecular formula is C25H31N3O5S. The maximum atomic E-state index is 13.0. The van der Waals surface area contributed by atoms with E-state index in [4.69, 9.17) is 4.74 Å². The standard InChI is InChI=1S/C25H31N3O5S/c1-18(27-34(31,32)21-11-10-20-15-26-16-23(29)22(20)14-21)17-28(24(30)33-25(2,3)4)13-12-19-8-6-5-7-9-19/h5-11,14-16,18,27,29H,12-13,17H2,1-4H3. The van der Waals surface area contributed by atoms with Crippen molar-refractivity contribution in [2.45, 2.75) is 50.7 Å². The van der Waals surface area contributed by atoms with Gasteiger partial charge in [0.2, 0.25) is 10.0 Å². The predicted molar refractivity (Wildman–Crippen MR) is 131 cm³/mol. The molecule has 0 aliphatic rings. The summed E-state index contributed by atoms with van der Waals surface area (Å²) in [6.07, 6.45) is 2.92. The fourth-order valence-corrected chi connectivity index (χ4v) is 4.75. The molecule has 9 heteroatoms. The van der Waals surface area contributed by atoms with E-state index in [1.165, 1.54) is 23.2 Å². The van der Waals surface area contributed by atoms with Crippen molar-refractivity contribution in [3.8, 4) is 5.75 Å². The summed E-state index contributed by atoms with van der Waals surface area (Å²) in [4.78, 5) is 18.3. The van der Waals surface area contributed by atoms with E-state index in [-0.39, 0.29) is 17.2 Å². The van der Waals surface area contributed by atoms with Crippen LogP contribution in [-0.2, 0) is 21.2 Å². The number of rotatable bonds is 8. The van der Waals surface area contributed by atoms with Gasteiger partial charge in [0.15, 0.2) is 0 Å². The molecule has 0 saturated carbocycles. The zero-order valence-corrected chi connectivity index (χ0v) is 20.7. The first-order chi connectivity index (χ1) is 15.9. The van der Waals surface area contributed by atoms with Crippen molar-refractivity contribution >= 4 is 26.9 Å². The summed E-state index contributed by atoms with van der Waals surface area (Å²) >= 11 is 0. The highest BCUT2D eigenvalue weighted by Crippen LogP contribution is 2.26. The van der Waals surface area contributed by atoms with Crippen LogP contribution < -0.4 is 4.72 Å². The van der Waals surface area contributed by atoms with Crippen molar-refractivity contribution in [2.24, 2.45) is 0 Å². The molecule has 0 aliphatic heterocycles. The molecule has 3 rings (SSSR count). The summed E-state index contributed by atoms with van der Waals surface area (Å²) < 4.78 is 34.2. The van der Waals surface area contributed by atoms with Gasteiger partial charge in [-0.15, -0.1) is 0 Å². The van der Waals surface area contributed by atoms with Gasteiger partial charge in [-0.25, -0.2) is 17.9 Å². The number of sulfonamides is 1. The smallest absolute Gasteiger partial charge is 0.410 e. The average Bonchev–Trinajstić information content (AvgIpc) is 2.76. The zero-order chi connectivity index (χ0) is 24.9. The van der Waals surface area contributed by atoms with Crippen LogP contribution in [0.5, 0.6) is 5.75 Å². The second-order valence-electron chi connectivity index (χ2n) is 9.23. The van der Waals surface area contributed by atoms with Crippen molar-refractivity contribution < 1.29 is 23.1 Å². The minimum Gasteiger partial charge on any atom is -0.506 e. The van der Waals surface area contributed by atoms with Crippen LogP contribution in [0.25, 0.3) is 10.8 Å². The third-order valence-corrected chi connectivity index (χ3v) is 6.62. The van der Waals surface area contributed by atoms with E-state index in [1.807, 2.05) is 30.3 Å². The predicted octanol–water partition coefficient (Wildman–Crippen LogP) is 4.09. The van der Waals surface area contributed by atoms with Gasteiger partial charge in [0.25, 0.3) is 0 Å². The van der Waals surface area contributed by atoms with E-state index in [0.29, 0.717) is 23.7 Å². The Morgan fingerprint density at radius 1 is 1.15 bits per heavy atom. The topological polar surface area (TPSA) is 109 Å². The number of nitrogens with zero attached hydrogens (tertiary/aromatic N) is 2. The van der Waals surface area contributed by atoms with Crippen LogP contribution in [0.15, 0.2) is 65.8 Å². The van der Waals surface area contributed by atoms with Crippen LogP contribution >= 0.6 is 0 Å². The van der Waals surface area contributed by atoms with Gasteiger partial charge in [-0.2, -0.15) is 0 Å². The van der Waals surface area contributed by atoms with Crippen LogP contribution in [0, 0.1) is 0 Å². The van der Waals surface area contributed by atoms with Crippen LogP contribution in [-0.4, -0.2) is 54.2 Å². The van der Waals surface area contributed by atoms with E-state index in [0.717, 1.165) is 5.56 Å². The number of aromatic hydroxyl groups is 1. The lowest BCUT2D eigenvalue weighted by molar-refractivity contribution is 0.0241. The third kappa shape index (κ3) is 6.91. The van der Waals surface area contributed by atoms with Crippen LogP contribution in [0.3, 0.4) is 0 Å². The minimum atomic E-state index is -3.90. The normalized spacial score (nSPS) is 12.9. The largest absolute Gasteiger partial charge is 0.506 e. The number of hydrogen-bond acceptors (Lipinski definition) is 6. The SMILES string of the molecule is CC(CN(CCc1ccccc1)C(=O)OC(C)(C)C)NS(=O)(=O)c1ccc2cncc(O)c2c1.